The molecular weight excluding hydrogens is 129 g/mol. The van der Waals surface area contributed by atoms with Gasteiger partial charge in [0, 0.05) is 0 Å². The van der Waals surface area contributed by atoms with Crippen LogP contribution in [0.25, 0.3) is 0 Å². The van der Waals surface area contributed by atoms with Gasteiger partial charge in [-0.15, -0.1) is 0 Å². The van der Waals surface area contributed by atoms with Crippen LogP contribution in [0.1, 0.15) is 20.8 Å². The molecule has 0 spiro atoms. The molecule has 3 heteroatoms. The van der Waals surface area contributed by atoms with Crippen molar-refractivity contribution in [1.82, 2.24) is 3.88 Å². The molecule has 0 atom stereocenters. The second-order valence-electron chi connectivity index (χ2n) is 1.78. The Kier molecular flexibility index (Phi) is 6.90. The van der Waals surface area contributed by atoms with Crippen LogP contribution in [0.3, 0.4) is 0 Å². The summed E-state index contributed by atoms with van der Waals surface area (Å²) in [7, 11) is 0. The Bertz CT molecular complexity index is 57.0. The third kappa shape index (κ3) is 4.93. The third-order valence-corrected chi connectivity index (χ3v) is 2.71. The first-order valence-electron chi connectivity index (χ1n) is 3.54. The van der Waals surface area contributed by atoms with Crippen LogP contribution in [-0.4, -0.2) is 39.4 Å². The number of rotatable bonds is 5. The van der Waals surface area contributed by atoms with E-state index in [4.69, 9.17) is 3.79 Å². The minimum atomic E-state index is 0.108. The standard InChI is InChI=1S/C4H10N.C2H5O.Al/c1-3-5-4-2;1-2-3;/h3-4H2,1-2H3;2H2,1H3;/q2*-1;+3. The Hall–Kier alpha value is 0.452. The van der Waals surface area contributed by atoms with Gasteiger partial charge in [0.25, 0.3) is 0 Å². The van der Waals surface area contributed by atoms with Crippen molar-refractivity contribution in [2.45, 2.75) is 20.8 Å². The van der Waals surface area contributed by atoms with Crippen molar-refractivity contribution in [3.63, 3.8) is 0 Å². The van der Waals surface area contributed by atoms with Crippen LogP contribution in [0.5, 0.6) is 0 Å². The van der Waals surface area contributed by atoms with Crippen molar-refractivity contribution >= 4 is 15.8 Å². The number of nitrogens with zero attached hydrogens (tertiary/aromatic N) is 1. The Morgan fingerprint density at radius 2 is 1.78 bits per heavy atom. The van der Waals surface area contributed by atoms with Gasteiger partial charge in [-0.25, -0.2) is 0 Å². The van der Waals surface area contributed by atoms with E-state index >= 15 is 0 Å². The molecular formula is C6H15AlNO+. The van der Waals surface area contributed by atoms with E-state index in [0.717, 1.165) is 19.7 Å². The number of hydrogen-bond donors (Lipinski definition) is 0. The zero-order valence-electron chi connectivity index (χ0n) is 6.55. The third-order valence-electron chi connectivity index (χ3n) is 1.20. The van der Waals surface area contributed by atoms with Crippen molar-refractivity contribution in [3.05, 3.63) is 0 Å². The molecule has 0 bridgehead atoms. The Morgan fingerprint density at radius 1 is 1.22 bits per heavy atom. The van der Waals surface area contributed by atoms with Gasteiger partial charge in [-0.1, -0.05) is 0 Å². The second-order valence-corrected chi connectivity index (χ2v) is 3.06. The molecule has 0 aliphatic carbocycles. The zero-order valence-corrected chi connectivity index (χ0v) is 7.71. The average molecular weight is 144 g/mol. The monoisotopic (exact) mass is 144 g/mol. The van der Waals surface area contributed by atoms with Gasteiger partial charge in [0.1, 0.15) is 0 Å². The molecule has 0 fully saturated rings. The fourth-order valence-electron chi connectivity index (χ4n) is 0.553. The van der Waals surface area contributed by atoms with Crippen molar-refractivity contribution < 1.29 is 3.79 Å². The van der Waals surface area contributed by atoms with E-state index in [2.05, 4.69) is 17.7 Å². The van der Waals surface area contributed by atoms with Crippen LogP contribution >= 0.6 is 0 Å². The summed E-state index contributed by atoms with van der Waals surface area (Å²) in [4.78, 5) is 0. The first-order valence-corrected chi connectivity index (χ1v) is 4.52. The normalized spacial score (nSPS) is 9.78. The fraction of sp³-hybridized carbons (Fsp3) is 1.00. The molecule has 0 heterocycles. The van der Waals surface area contributed by atoms with E-state index in [1.54, 1.807) is 0 Å². The van der Waals surface area contributed by atoms with Crippen LogP contribution in [0, 0.1) is 0 Å². The molecule has 0 aromatic rings. The van der Waals surface area contributed by atoms with E-state index in [9.17, 15) is 0 Å². The number of hydrogen-bond acceptors (Lipinski definition) is 2. The Morgan fingerprint density at radius 3 is 2.11 bits per heavy atom. The van der Waals surface area contributed by atoms with Gasteiger partial charge < -0.3 is 0 Å². The van der Waals surface area contributed by atoms with Gasteiger partial charge in [-0.2, -0.15) is 0 Å². The van der Waals surface area contributed by atoms with E-state index in [0.29, 0.717) is 0 Å². The molecule has 0 aliphatic heterocycles. The summed E-state index contributed by atoms with van der Waals surface area (Å²) in [5.74, 6) is 0. The van der Waals surface area contributed by atoms with Gasteiger partial charge in [0.2, 0.25) is 0 Å². The van der Waals surface area contributed by atoms with Gasteiger partial charge in [-0.3, -0.25) is 0 Å². The fourth-order valence-corrected chi connectivity index (χ4v) is 1.21. The van der Waals surface area contributed by atoms with Crippen molar-refractivity contribution in [2.24, 2.45) is 0 Å². The van der Waals surface area contributed by atoms with Gasteiger partial charge in [0.05, 0.1) is 0 Å². The second kappa shape index (κ2) is 6.57. The van der Waals surface area contributed by atoms with Crippen molar-refractivity contribution in [1.29, 1.82) is 0 Å². The van der Waals surface area contributed by atoms with E-state index in [-0.39, 0.29) is 15.8 Å². The van der Waals surface area contributed by atoms with Gasteiger partial charge in [-0.05, 0) is 0 Å². The molecule has 0 unspecified atom stereocenters. The summed E-state index contributed by atoms with van der Waals surface area (Å²) in [6, 6.07) is 0. The molecule has 0 aromatic carbocycles. The molecule has 0 rings (SSSR count). The van der Waals surface area contributed by atoms with Gasteiger partial charge in [0.15, 0.2) is 0 Å². The predicted octanol–water partition coefficient (Wildman–Crippen LogP) is 0.899. The molecule has 0 amide bonds. The summed E-state index contributed by atoms with van der Waals surface area (Å²) in [5, 5.41) is 0. The molecule has 0 aliphatic rings. The predicted molar refractivity (Wildman–Crippen MR) is 40.3 cm³/mol. The van der Waals surface area contributed by atoms with Crippen LogP contribution in [0.4, 0.5) is 0 Å². The molecule has 9 heavy (non-hydrogen) atoms. The first kappa shape index (κ1) is 9.45. The Labute approximate surface area is 64.4 Å². The first-order chi connectivity index (χ1) is 4.35. The molecule has 0 saturated carbocycles. The Balaban J connectivity index is 3.09. The van der Waals surface area contributed by atoms with Crippen LogP contribution < -0.4 is 0 Å². The molecule has 0 aromatic heterocycles. The van der Waals surface area contributed by atoms with Crippen LogP contribution in [0.2, 0.25) is 0 Å². The molecule has 0 radical (unpaired) electrons. The minimum absolute atomic E-state index is 0.108. The van der Waals surface area contributed by atoms with E-state index in [1.165, 1.54) is 0 Å². The van der Waals surface area contributed by atoms with E-state index in [1.807, 2.05) is 6.92 Å². The molecule has 0 saturated heterocycles. The summed E-state index contributed by atoms with van der Waals surface area (Å²) in [6.07, 6.45) is 0. The maximum absolute atomic E-state index is 5.29. The van der Waals surface area contributed by atoms with E-state index < -0.39 is 0 Å². The van der Waals surface area contributed by atoms with Crippen LogP contribution in [-0.2, 0) is 3.79 Å². The quantitative estimate of drug-likeness (QED) is 0.531. The average Bonchev–Trinajstić information content (AvgIpc) is 1.91. The topological polar surface area (TPSA) is 12.5 Å². The van der Waals surface area contributed by atoms with Crippen molar-refractivity contribution in [3.8, 4) is 0 Å². The summed E-state index contributed by atoms with van der Waals surface area (Å²) < 4.78 is 7.61. The van der Waals surface area contributed by atoms with Crippen molar-refractivity contribution in [2.75, 3.05) is 19.7 Å². The summed E-state index contributed by atoms with van der Waals surface area (Å²) >= 11 is 0.108. The molecule has 0 N–H and O–H groups in total. The maximum atomic E-state index is 5.29. The SMILES string of the molecule is CC[O][Al+][N](CC)CC. The van der Waals surface area contributed by atoms with Gasteiger partial charge >= 0.3 is 63.9 Å². The zero-order chi connectivity index (χ0) is 7.11. The molecule has 2 nitrogen and oxygen atoms in total. The van der Waals surface area contributed by atoms with Crippen LogP contribution in [0.15, 0.2) is 0 Å². The molecule has 52 valence electrons. The summed E-state index contributed by atoms with van der Waals surface area (Å²) in [5.41, 5.74) is 0. The summed E-state index contributed by atoms with van der Waals surface area (Å²) in [6.45, 7) is 9.45.